The Bertz CT molecular complexity index is 699. The van der Waals surface area contributed by atoms with Crippen molar-refractivity contribution in [3.05, 3.63) is 24.3 Å². The summed E-state index contributed by atoms with van der Waals surface area (Å²) in [6.07, 6.45) is 6.12. The molecule has 0 heterocycles. The summed E-state index contributed by atoms with van der Waals surface area (Å²) in [6.45, 7) is 3.76. The molecular formula is C18H29N2O4S+. The molecule has 140 valence electrons. The van der Waals surface area contributed by atoms with Gasteiger partial charge < -0.3 is 5.32 Å². The van der Waals surface area contributed by atoms with Crippen molar-refractivity contribution in [2.45, 2.75) is 64.8 Å². The standard InChI is InChI=1S/C18H28N2O4S/c1-3-4-13-20(25(22,23)24,17-10-6-5-7-11-17)18-12-8-9-16(14-18)19-15(2)21/h8-9,12,14,17H,3-7,10-11,13H2,1-2H3,(H-,19,21,22,23,24)/p+1. The maximum Gasteiger partial charge on any atom is 0.438 e. The third kappa shape index (κ3) is 4.40. The summed E-state index contributed by atoms with van der Waals surface area (Å²) < 4.78 is 35.1. The van der Waals surface area contributed by atoms with E-state index in [1.54, 1.807) is 24.3 Å². The molecule has 1 aliphatic rings. The molecule has 1 saturated carbocycles. The van der Waals surface area contributed by atoms with Crippen molar-refractivity contribution >= 4 is 27.6 Å². The molecule has 1 amide bonds. The van der Waals surface area contributed by atoms with Crippen LogP contribution in [-0.4, -0.2) is 31.5 Å². The SMILES string of the molecule is CCCC[N+](c1cccc(NC(C)=O)c1)(C1CCCCC1)S(=O)(=O)O. The molecule has 0 saturated heterocycles. The smallest absolute Gasteiger partial charge is 0.326 e. The van der Waals surface area contributed by atoms with Gasteiger partial charge in [0.2, 0.25) is 5.91 Å². The molecule has 0 bridgehead atoms. The first-order valence-corrected chi connectivity index (χ1v) is 10.4. The minimum absolute atomic E-state index is 0.164. The molecule has 0 spiro atoms. The molecule has 0 aromatic heterocycles. The molecule has 1 fully saturated rings. The Morgan fingerprint density at radius 2 is 1.96 bits per heavy atom. The van der Waals surface area contributed by atoms with Gasteiger partial charge in [-0.15, -0.1) is 8.42 Å². The van der Waals surface area contributed by atoms with Crippen LogP contribution in [0.2, 0.25) is 0 Å². The van der Waals surface area contributed by atoms with Crippen molar-refractivity contribution in [3.8, 4) is 0 Å². The summed E-state index contributed by atoms with van der Waals surface area (Å²) in [5.74, 6) is -0.215. The minimum Gasteiger partial charge on any atom is -0.326 e. The number of rotatable bonds is 7. The number of nitrogens with zero attached hydrogens (tertiary/aromatic N) is 1. The van der Waals surface area contributed by atoms with Crippen LogP contribution >= 0.6 is 0 Å². The lowest BCUT2D eigenvalue weighted by Gasteiger charge is -2.42. The number of carbonyl (C=O) groups excluding carboxylic acids is 1. The molecule has 1 aromatic rings. The van der Waals surface area contributed by atoms with E-state index in [0.717, 1.165) is 38.5 Å². The van der Waals surface area contributed by atoms with E-state index >= 15 is 0 Å². The fourth-order valence-corrected chi connectivity index (χ4v) is 5.20. The van der Waals surface area contributed by atoms with Crippen molar-refractivity contribution in [2.75, 3.05) is 11.9 Å². The predicted molar refractivity (Wildman–Crippen MR) is 101 cm³/mol. The summed E-state index contributed by atoms with van der Waals surface area (Å²) in [5.41, 5.74) is 1.07. The highest BCUT2D eigenvalue weighted by Gasteiger charge is 2.49. The summed E-state index contributed by atoms with van der Waals surface area (Å²) in [6, 6.07) is 6.71. The largest absolute Gasteiger partial charge is 0.438 e. The van der Waals surface area contributed by atoms with Crippen LogP contribution in [0.1, 0.15) is 58.8 Å². The fourth-order valence-electron chi connectivity index (χ4n) is 3.87. The van der Waals surface area contributed by atoms with E-state index in [-0.39, 0.29) is 11.9 Å². The highest BCUT2D eigenvalue weighted by atomic mass is 32.2. The molecule has 0 aliphatic heterocycles. The molecule has 25 heavy (non-hydrogen) atoms. The summed E-state index contributed by atoms with van der Waals surface area (Å²) in [5, 5.41) is 2.70. The second kappa shape index (κ2) is 8.29. The van der Waals surface area contributed by atoms with Crippen molar-refractivity contribution in [3.63, 3.8) is 0 Å². The number of anilines is 1. The maximum absolute atomic E-state index is 12.6. The fraction of sp³-hybridized carbons (Fsp3) is 0.611. The molecule has 2 N–H and O–H groups in total. The molecule has 2 rings (SSSR count). The van der Waals surface area contributed by atoms with Gasteiger partial charge in [-0.2, -0.15) is 3.89 Å². The number of amides is 1. The normalized spacial score (nSPS) is 18.5. The predicted octanol–water partition coefficient (Wildman–Crippen LogP) is 3.89. The number of quaternary nitrogens is 1. The molecule has 7 heteroatoms. The van der Waals surface area contributed by atoms with E-state index in [4.69, 9.17) is 0 Å². The molecule has 1 unspecified atom stereocenters. The Hall–Kier alpha value is -1.44. The first-order valence-electron chi connectivity index (χ1n) is 9.05. The van der Waals surface area contributed by atoms with E-state index in [1.807, 2.05) is 6.92 Å². The van der Waals surface area contributed by atoms with Gasteiger partial charge >= 0.3 is 10.3 Å². The molecule has 0 radical (unpaired) electrons. The van der Waals surface area contributed by atoms with Gasteiger partial charge in [-0.25, -0.2) is 4.55 Å². The van der Waals surface area contributed by atoms with Crippen LogP contribution in [0.5, 0.6) is 0 Å². The monoisotopic (exact) mass is 369 g/mol. The average Bonchev–Trinajstić information content (AvgIpc) is 2.55. The third-order valence-electron chi connectivity index (χ3n) is 5.02. The third-order valence-corrected chi connectivity index (χ3v) is 6.54. The lowest BCUT2D eigenvalue weighted by Crippen LogP contribution is -2.61. The number of hydrogen-bond acceptors (Lipinski definition) is 3. The molecular weight excluding hydrogens is 340 g/mol. The lowest BCUT2D eigenvalue weighted by atomic mass is 9.93. The van der Waals surface area contributed by atoms with Crippen LogP contribution in [-0.2, 0) is 15.1 Å². The number of carbonyl (C=O) groups is 1. The van der Waals surface area contributed by atoms with Gasteiger partial charge in [0, 0.05) is 37.6 Å². The van der Waals surface area contributed by atoms with Crippen molar-refractivity contribution < 1.29 is 17.8 Å². The zero-order valence-corrected chi connectivity index (χ0v) is 15.9. The van der Waals surface area contributed by atoms with Gasteiger partial charge in [0.05, 0.1) is 0 Å². The highest BCUT2D eigenvalue weighted by Crippen LogP contribution is 2.38. The Labute approximate surface area is 150 Å². The Kier molecular flexibility index (Phi) is 6.59. The quantitative estimate of drug-likeness (QED) is 0.564. The summed E-state index contributed by atoms with van der Waals surface area (Å²) in [4.78, 5) is 11.4. The zero-order valence-electron chi connectivity index (χ0n) is 15.1. The highest BCUT2D eigenvalue weighted by molar-refractivity contribution is 7.85. The van der Waals surface area contributed by atoms with Crippen molar-refractivity contribution in [2.24, 2.45) is 0 Å². The molecule has 1 atom stereocenters. The van der Waals surface area contributed by atoms with Crippen molar-refractivity contribution in [1.82, 2.24) is 3.89 Å². The van der Waals surface area contributed by atoms with Gasteiger partial charge in [-0.3, -0.25) is 4.79 Å². The lowest BCUT2D eigenvalue weighted by molar-refractivity contribution is -0.114. The van der Waals surface area contributed by atoms with Gasteiger partial charge in [0.25, 0.3) is 0 Å². The topological polar surface area (TPSA) is 83.5 Å². The van der Waals surface area contributed by atoms with Crippen LogP contribution in [0, 0.1) is 0 Å². The number of hydrogen-bond donors (Lipinski definition) is 2. The number of benzene rings is 1. The minimum atomic E-state index is -4.37. The van der Waals surface area contributed by atoms with E-state index < -0.39 is 14.2 Å². The van der Waals surface area contributed by atoms with Gasteiger partial charge in [0.1, 0.15) is 12.6 Å². The number of unbranched alkanes of at least 4 members (excludes halogenated alkanes) is 1. The summed E-state index contributed by atoms with van der Waals surface area (Å²) >= 11 is 0. The summed E-state index contributed by atoms with van der Waals surface area (Å²) in [7, 11) is -4.37. The maximum atomic E-state index is 12.6. The van der Waals surface area contributed by atoms with Gasteiger partial charge in [-0.1, -0.05) is 25.8 Å². The Morgan fingerprint density at radius 3 is 2.52 bits per heavy atom. The van der Waals surface area contributed by atoms with Crippen LogP contribution in [0.25, 0.3) is 0 Å². The average molecular weight is 370 g/mol. The zero-order chi connectivity index (χ0) is 18.5. The van der Waals surface area contributed by atoms with Crippen LogP contribution in [0.4, 0.5) is 11.4 Å². The van der Waals surface area contributed by atoms with E-state index in [1.165, 1.54) is 6.92 Å². The van der Waals surface area contributed by atoms with E-state index in [9.17, 15) is 17.8 Å². The Morgan fingerprint density at radius 1 is 1.28 bits per heavy atom. The van der Waals surface area contributed by atoms with E-state index in [0.29, 0.717) is 24.3 Å². The van der Waals surface area contributed by atoms with Crippen LogP contribution in [0.15, 0.2) is 24.3 Å². The number of nitrogens with one attached hydrogen (secondary N) is 1. The molecule has 1 aliphatic carbocycles. The first kappa shape index (κ1) is 19.9. The van der Waals surface area contributed by atoms with Crippen molar-refractivity contribution in [1.29, 1.82) is 0 Å². The van der Waals surface area contributed by atoms with Gasteiger partial charge in [0.15, 0.2) is 5.69 Å². The van der Waals surface area contributed by atoms with Gasteiger partial charge in [-0.05, 0) is 25.3 Å². The van der Waals surface area contributed by atoms with Crippen LogP contribution < -0.4 is 9.21 Å². The van der Waals surface area contributed by atoms with E-state index in [2.05, 4.69) is 5.32 Å². The molecule has 1 aromatic carbocycles. The second-order valence-electron chi connectivity index (χ2n) is 6.84. The second-order valence-corrected chi connectivity index (χ2v) is 8.39. The molecule has 6 nitrogen and oxygen atoms in total. The first-order chi connectivity index (χ1) is 11.8. The van der Waals surface area contributed by atoms with Crippen LogP contribution in [0.3, 0.4) is 0 Å². The Balaban J connectivity index is 2.57.